The number of ether oxygens (including phenoxy) is 2. The van der Waals surface area contributed by atoms with Gasteiger partial charge in [0.1, 0.15) is 0 Å². The highest BCUT2D eigenvalue weighted by Gasteiger charge is 2.26. The van der Waals surface area contributed by atoms with E-state index in [4.69, 9.17) is 9.47 Å². The zero-order valence-corrected chi connectivity index (χ0v) is 13.5. The molecular formula is C16H25NO2S. The van der Waals surface area contributed by atoms with E-state index in [0.29, 0.717) is 6.04 Å². The van der Waals surface area contributed by atoms with Gasteiger partial charge in [-0.25, -0.2) is 0 Å². The topological polar surface area (TPSA) is 30.5 Å². The Morgan fingerprint density at radius 3 is 2.80 bits per heavy atom. The lowest BCUT2D eigenvalue weighted by molar-refractivity contribution is 0.350. The SMILES string of the molecule is CCSC1CCCC1NCc1cccc(OC)c1OC. The number of para-hydroxylation sites is 1. The monoisotopic (exact) mass is 295 g/mol. The molecule has 0 aliphatic heterocycles. The van der Waals surface area contributed by atoms with Crippen LogP contribution in [0.2, 0.25) is 0 Å². The maximum atomic E-state index is 5.49. The third-order valence-corrected chi connectivity index (χ3v) is 5.20. The van der Waals surface area contributed by atoms with Crippen molar-refractivity contribution in [3.8, 4) is 11.5 Å². The highest BCUT2D eigenvalue weighted by Crippen LogP contribution is 2.33. The minimum atomic E-state index is 0.621. The standard InChI is InChI=1S/C16H25NO2S/c1-4-20-15-10-6-8-13(15)17-11-12-7-5-9-14(18-2)16(12)19-3/h5,7,9,13,15,17H,4,6,8,10-11H2,1-3H3. The zero-order chi connectivity index (χ0) is 14.4. The Bertz CT molecular complexity index is 425. The van der Waals surface area contributed by atoms with E-state index in [2.05, 4.69) is 30.1 Å². The molecule has 0 aromatic heterocycles. The van der Waals surface area contributed by atoms with Crippen LogP contribution in [0, 0.1) is 0 Å². The second-order valence-electron chi connectivity index (χ2n) is 5.06. The van der Waals surface area contributed by atoms with Gasteiger partial charge in [-0.15, -0.1) is 0 Å². The van der Waals surface area contributed by atoms with Crippen LogP contribution >= 0.6 is 11.8 Å². The molecule has 1 aromatic rings. The fourth-order valence-electron chi connectivity index (χ4n) is 2.91. The maximum Gasteiger partial charge on any atom is 0.165 e. The smallest absolute Gasteiger partial charge is 0.165 e. The van der Waals surface area contributed by atoms with Gasteiger partial charge in [-0.2, -0.15) is 11.8 Å². The minimum absolute atomic E-state index is 0.621. The molecule has 1 aromatic carbocycles. The van der Waals surface area contributed by atoms with E-state index in [9.17, 15) is 0 Å². The molecule has 0 radical (unpaired) electrons. The summed E-state index contributed by atoms with van der Waals surface area (Å²) < 4.78 is 10.8. The van der Waals surface area contributed by atoms with Crippen LogP contribution in [-0.2, 0) is 6.54 Å². The summed E-state index contributed by atoms with van der Waals surface area (Å²) in [5.74, 6) is 2.85. The number of methoxy groups -OCH3 is 2. The summed E-state index contributed by atoms with van der Waals surface area (Å²) in [6.07, 6.45) is 3.96. The minimum Gasteiger partial charge on any atom is -0.493 e. The van der Waals surface area contributed by atoms with Crippen molar-refractivity contribution in [1.29, 1.82) is 0 Å². The van der Waals surface area contributed by atoms with Crippen molar-refractivity contribution in [3.05, 3.63) is 23.8 Å². The normalized spacial score (nSPS) is 21.9. The van der Waals surface area contributed by atoms with Gasteiger partial charge in [0.2, 0.25) is 0 Å². The number of rotatable bonds is 7. The average molecular weight is 295 g/mol. The molecule has 0 bridgehead atoms. The van der Waals surface area contributed by atoms with E-state index in [1.54, 1.807) is 14.2 Å². The number of nitrogens with one attached hydrogen (secondary N) is 1. The van der Waals surface area contributed by atoms with Gasteiger partial charge < -0.3 is 14.8 Å². The van der Waals surface area contributed by atoms with Crippen molar-refractivity contribution < 1.29 is 9.47 Å². The van der Waals surface area contributed by atoms with E-state index in [1.165, 1.54) is 30.6 Å². The molecular weight excluding hydrogens is 270 g/mol. The predicted molar refractivity (Wildman–Crippen MR) is 85.9 cm³/mol. The van der Waals surface area contributed by atoms with Crippen LogP contribution in [0.4, 0.5) is 0 Å². The molecule has 0 heterocycles. The fourth-order valence-corrected chi connectivity index (χ4v) is 4.13. The first-order chi connectivity index (χ1) is 9.80. The summed E-state index contributed by atoms with van der Waals surface area (Å²) in [6, 6.07) is 6.68. The van der Waals surface area contributed by atoms with Crippen LogP contribution < -0.4 is 14.8 Å². The van der Waals surface area contributed by atoms with Gasteiger partial charge in [-0.1, -0.05) is 25.5 Å². The molecule has 4 heteroatoms. The third kappa shape index (κ3) is 3.61. The van der Waals surface area contributed by atoms with Crippen LogP contribution in [-0.4, -0.2) is 31.3 Å². The van der Waals surface area contributed by atoms with Crippen molar-refractivity contribution in [2.24, 2.45) is 0 Å². The lowest BCUT2D eigenvalue weighted by atomic mass is 10.1. The molecule has 0 spiro atoms. The van der Waals surface area contributed by atoms with Crippen LogP contribution in [0.5, 0.6) is 11.5 Å². The Labute approximate surface area is 126 Å². The molecule has 1 fully saturated rings. The molecule has 0 amide bonds. The largest absolute Gasteiger partial charge is 0.493 e. The Kier molecular flexibility index (Phi) is 6.05. The van der Waals surface area contributed by atoms with Crippen molar-refractivity contribution >= 4 is 11.8 Å². The molecule has 3 nitrogen and oxygen atoms in total. The number of hydrogen-bond acceptors (Lipinski definition) is 4. The van der Waals surface area contributed by atoms with E-state index in [-0.39, 0.29) is 0 Å². The van der Waals surface area contributed by atoms with Gasteiger partial charge >= 0.3 is 0 Å². The first-order valence-electron chi connectivity index (χ1n) is 7.35. The number of thioether (sulfide) groups is 1. The molecule has 2 unspecified atom stereocenters. The average Bonchev–Trinajstić information content (AvgIpc) is 2.92. The van der Waals surface area contributed by atoms with Crippen LogP contribution in [0.15, 0.2) is 18.2 Å². The maximum absolute atomic E-state index is 5.49. The highest BCUT2D eigenvalue weighted by atomic mass is 32.2. The van der Waals surface area contributed by atoms with Crippen molar-refractivity contribution in [1.82, 2.24) is 5.32 Å². The van der Waals surface area contributed by atoms with Crippen LogP contribution in [0.3, 0.4) is 0 Å². The number of hydrogen-bond donors (Lipinski definition) is 1. The first-order valence-corrected chi connectivity index (χ1v) is 8.39. The summed E-state index contributed by atoms with van der Waals surface area (Å²) in [5.41, 5.74) is 1.17. The molecule has 0 saturated heterocycles. The van der Waals surface area contributed by atoms with Crippen molar-refractivity contribution in [3.63, 3.8) is 0 Å². The second kappa shape index (κ2) is 7.79. The van der Waals surface area contributed by atoms with Gasteiger partial charge in [-0.05, 0) is 24.7 Å². The lowest BCUT2D eigenvalue weighted by Gasteiger charge is -2.21. The van der Waals surface area contributed by atoms with E-state index in [0.717, 1.165) is 23.3 Å². The van der Waals surface area contributed by atoms with Gasteiger partial charge in [0.05, 0.1) is 14.2 Å². The van der Waals surface area contributed by atoms with Crippen LogP contribution in [0.25, 0.3) is 0 Å². The Balaban J connectivity index is 2.00. The molecule has 2 atom stereocenters. The third-order valence-electron chi connectivity index (χ3n) is 3.87. The molecule has 112 valence electrons. The Morgan fingerprint density at radius 2 is 2.10 bits per heavy atom. The predicted octanol–water partition coefficient (Wildman–Crippen LogP) is 3.47. The fraction of sp³-hybridized carbons (Fsp3) is 0.625. The van der Waals surface area contributed by atoms with Crippen LogP contribution in [0.1, 0.15) is 31.7 Å². The number of benzene rings is 1. The molecule has 1 saturated carbocycles. The summed E-state index contributed by atoms with van der Waals surface area (Å²) >= 11 is 2.08. The Morgan fingerprint density at radius 1 is 1.25 bits per heavy atom. The van der Waals surface area contributed by atoms with Crippen molar-refractivity contribution in [2.45, 2.75) is 44.0 Å². The summed E-state index contributed by atoms with van der Waals surface area (Å²) in [4.78, 5) is 0. The van der Waals surface area contributed by atoms with E-state index < -0.39 is 0 Å². The summed E-state index contributed by atoms with van der Waals surface area (Å²) in [5, 5.41) is 4.46. The Hall–Kier alpha value is -0.870. The quantitative estimate of drug-likeness (QED) is 0.834. The molecule has 1 N–H and O–H groups in total. The highest BCUT2D eigenvalue weighted by molar-refractivity contribution is 7.99. The first kappa shape index (κ1) is 15.5. The van der Waals surface area contributed by atoms with Gasteiger partial charge in [0, 0.05) is 23.4 Å². The molecule has 20 heavy (non-hydrogen) atoms. The molecule has 1 aliphatic rings. The summed E-state index contributed by atoms with van der Waals surface area (Å²) in [7, 11) is 3.38. The zero-order valence-electron chi connectivity index (χ0n) is 12.6. The second-order valence-corrected chi connectivity index (χ2v) is 6.58. The van der Waals surface area contributed by atoms with Gasteiger partial charge in [0.25, 0.3) is 0 Å². The van der Waals surface area contributed by atoms with Gasteiger partial charge in [0.15, 0.2) is 11.5 Å². The van der Waals surface area contributed by atoms with E-state index >= 15 is 0 Å². The molecule has 2 rings (SSSR count). The lowest BCUT2D eigenvalue weighted by Crippen LogP contribution is -2.33. The van der Waals surface area contributed by atoms with Crippen molar-refractivity contribution in [2.75, 3.05) is 20.0 Å². The van der Waals surface area contributed by atoms with E-state index in [1.807, 2.05) is 12.1 Å². The van der Waals surface area contributed by atoms with Gasteiger partial charge in [-0.3, -0.25) is 0 Å². The summed E-state index contributed by atoms with van der Waals surface area (Å²) in [6.45, 7) is 3.08. The molecule has 1 aliphatic carbocycles.